The lowest BCUT2D eigenvalue weighted by atomic mass is 10.2. The van der Waals surface area contributed by atoms with Crippen molar-refractivity contribution in [3.63, 3.8) is 0 Å². The Bertz CT molecular complexity index is 467. The number of rotatable bonds is 4. The second-order valence-corrected chi connectivity index (χ2v) is 3.42. The van der Waals surface area contributed by atoms with E-state index in [0.717, 1.165) is 17.7 Å². The van der Waals surface area contributed by atoms with Gasteiger partial charge in [-0.15, -0.1) is 5.10 Å². The minimum Gasteiger partial charge on any atom is -0.494 e. The van der Waals surface area contributed by atoms with Gasteiger partial charge in [0, 0.05) is 5.56 Å². The molecule has 0 bridgehead atoms. The molecule has 5 heteroatoms. The summed E-state index contributed by atoms with van der Waals surface area (Å²) < 4.78 is 5.53. The van der Waals surface area contributed by atoms with Crippen LogP contribution in [0.15, 0.2) is 24.3 Å². The first-order chi connectivity index (χ1) is 7.79. The average Bonchev–Trinajstić information content (AvgIpc) is 2.74. The number of nitrogens with zero attached hydrogens (tertiary/aromatic N) is 2. The second kappa shape index (κ2) is 4.65. The third-order valence-corrected chi connectivity index (χ3v) is 2.08. The van der Waals surface area contributed by atoms with Crippen molar-refractivity contribution in [3.05, 3.63) is 24.3 Å². The molecule has 0 unspecified atom stereocenters. The van der Waals surface area contributed by atoms with E-state index in [1.54, 1.807) is 0 Å². The Hall–Kier alpha value is -2.04. The highest BCUT2D eigenvalue weighted by molar-refractivity contribution is 5.58. The minimum atomic E-state index is 0.245. The summed E-state index contributed by atoms with van der Waals surface area (Å²) in [5, 5.41) is 6.55. The number of hydrogen-bond donors (Lipinski definition) is 2. The van der Waals surface area contributed by atoms with Gasteiger partial charge in [0.05, 0.1) is 6.61 Å². The van der Waals surface area contributed by atoms with E-state index in [4.69, 9.17) is 10.5 Å². The molecule has 0 aliphatic rings. The van der Waals surface area contributed by atoms with Crippen molar-refractivity contribution >= 4 is 5.95 Å². The molecular weight excluding hydrogens is 204 g/mol. The fourth-order valence-corrected chi connectivity index (χ4v) is 1.36. The molecule has 0 amide bonds. The third-order valence-electron chi connectivity index (χ3n) is 2.08. The van der Waals surface area contributed by atoms with Crippen molar-refractivity contribution in [1.82, 2.24) is 15.2 Å². The molecular formula is C11H14N4O. The van der Waals surface area contributed by atoms with Crippen molar-refractivity contribution in [1.29, 1.82) is 0 Å². The summed E-state index contributed by atoms with van der Waals surface area (Å²) in [6, 6.07) is 7.67. The number of H-pyrrole nitrogens is 1. The van der Waals surface area contributed by atoms with Crippen molar-refractivity contribution in [2.75, 3.05) is 12.3 Å². The van der Waals surface area contributed by atoms with Crippen LogP contribution in [0.3, 0.4) is 0 Å². The van der Waals surface area contributed by atoms with Crippen molar-refractivity contribution < 1.29 is 4.74 Å². The van der Waals surface area contributed by atoms with E-state index in [-0.39, 0.29) is 5.95 Å². The van der Waals surface area contributed by atoms with Crippen LogP contribution in [0.2, 0.25) is 0 Å². The van der Waals surface area contributed by atoms with Crippen LogP contribution in [0.5, 0.6) is 5.75 Å². The van der Waals surface area contributed by atoms with E-state index < -0.39 is 0 Å². The fourth-order valence-electron chi connectivity index (χ4n) is 1.36. The van der Waals surface area contributed by atoms with Gasteiger partial charge in [-0.2, -0.15) is 4.98 Å². The number of ether oxygens (including phenoxy) is 1. The molecule has 1 aromatic heterocycles. The Morgan fingerprint density at radius 3 is 3.00 bits per heavy atom. The second-order valence-electron chi connectivity index (χ2n) is 3.42. The number of aromatic nitrogens is 3. The molecule has 84 valence electrons. The summed E-state index contributed by atoms with van der Waals surface area (Å²) in [5.74, 6) is 1.73. The monoisotopic (exact) mass is 218 g/mol. The van der Waals surface area contributed by atoms with Gasteiger partial charge in [0.25, 0.3) is 0 Å². The van der Waals surface area contributed by atoms with Gasteiger partial charge in [0.15, 0.2) is 5.82 Å². The van der Waals surface area contributed by atoms with Crippen LogP contribution < -0.4 is 10.5 Å². The fraction of sp³-hybridized carbons (Fsp3) is 0.273. The molecule has 5 nitrogen and oxygen atoms in total. The predicted molar refractivity (Wildman–Crippen MR) is 62.0 cm³/mol. The van der Waals surface area contributed by atoms with E-state index in [9.17, 15) is 0 Å². The Morgan fingerprint density at radius 1 is 1.44 bits per heavy atom. The summed E-state index contributed by atoms with van der Waals surface area (Å²) >= 11 is 0. The first-order valence-electron chi connectivity index (χ1n) is 5.20. The van der Waals surface area contributed by atoms with Gasteiger partial charge < -0.3 is 10.5 Å². The molecule has 3 N–H and O–H groups in total. The molecule has 2 rings (SSSR count). The normalized spacial score (nSPS) is 10.3. The van der Waals surface area contributed by atoms with Gasteiger partial charge in [0.1, 0.15) is 5.75 Å². The van der Waals surface area contributed by atoms with Crippen LogP contribution in [0, 0.1) is 0 Å². The van der Waals surface area contributed by atoms with Crippen LogP contribution in [-0.2, 0) is 0 Å². The van der Waals surface area contributed by atoms with E-state index >= 15 is 0 Å². The van der Waals surface area contributed by atoms with Crippen LogP contribution in [0.4, 0.5) is 5.95 Å². The molecule has 1 aromatic carbocycles. The predicted octanol–water partition coefficient (Wildman–Crippen LogP) is 1.84. The number of benzene rings is 1. The molecule has 0 spiro atoms. The molecule has 0 saturated carbocycles. The Morgan fingerprint density at radius 2 is 2.31 bits per heavy atom. The van der Waals surface area contributed by atoms with Gasteiger partial charge in [-0.05, 0) is 18.6 Å². The molecule has 0 atom stereocenters. The minimum absolute atomic E-state index is 0.245. The highest BCUT2D eigenvalue weighted by Gasteiger charge is 2.04. The Balaban J connectivity index is 2.22. The van der Waals surface area contributed by atoms with Crippen molar-refractivity contribution in [3.8, 4) is 17.1 Å². The molecule has 0 fully saturated rings. The van der Waals surface area contributed by atoms with Gasteiger partial charge in [-0.25, -0.2) is 0 Å². The molecule has 2 aromatic rings. The number of aromatic amines is 1. The van der Waals surface area contributed by atoms with E-state index in [0.29, 0.717) is 12.4 Å². The zero-order valence-corrected chi connectivity index (χ0v) is 9.10. The summed E-state index contributed by atoms with van der Waals surface area (Å²) in [5.41, 5.74) is 6.36. The van der Waals surface area contributed by atoms with Gasteiger partial charge in [0.2, 0.25) is 5.95 Å². The Labute approximate surface area is 93.7 Å². The maximum Gasteiger partial charge on any atom is 0.239 e. The topological polar surface area (TPSA) is 76.8 Å². The largest absolute Gasteiger partial charge is 0.494 e. The van der Waals surface area contributed by atoms with Crippen LogP contribution >= 0.6 is 0 Å². The smallest absolute Gasteiger partial charge is 0.239 e. The number of nitrogen functional groups attached to an aromatic ring is 1. The molecule has 16 heavy (non-hydrogen) atoms. The third kappa shape index (κ3) is 2.31. The van der Waals surface area contributed by atoms with E-state index in [1.807, 2.05) is 24.3 Å². The summed E-state index contributed by atoms with van der Waals surface area (Å²) in [4.78, 5) is 4.06. The number of nitrogens with two attached hydrogens (primary N) is 1. The van der Waals surface area contributed by atoms with Gasteiger partial charge >= 0.3 is 0 Å². The lowest BCUT2D eigenvalue weighted by molar-refractivity contribution is 0.317. The molecule has 1 heterocycles. The van der Waals surface area contributed by atoms with E-state index in [2.05, 4.69) is 22.1 Å². The number of nitrogens with one attached hydrogen (secondary N) is 1. The number of anilines is 1. The first kappa shape index (κ1) is 10.5. The molecule has 0 radical (unpaired) electrons. The average molecular weight is 218 g/mol. The molecule has 0 aliphatic heterocycles. The van der Waals surface area contributed by atoms with Gasteiger partial charge in [-0.1, -0.05) is 19.1 Å². The standard InChI is InChI=1S/C11H14N4O/c1-2-6-16-9-5-3-4-8(7-9)10-13-11(12)15-14-10/h3-5,7H,2,6H2,1H3,(H3,12,13,14,15). The van der Waals surface area contributed by atoms with Gasteiger partial charge in [-0.3, -0.25) is 5.10 Å². The van der Waals surface area contributed by atoms with Crippen molar-refractivity contribution in [2.45, 2.75) is 13.3 Å². The maximum absolute atomic E-state index is 5.53. The lowest BCUT2D eigenvalue weighted by Gasteiger charge is -2.05. The number of hydrogen-bond acceptors (Lipinski definition) is 4. The van der Waals surface area contributed by atoms with Crippen molar-refractivity contribution in [2.24, 2.45) is 0 Å². The van der Waals surface area contributed by atoms with Crippen LogP contribution in [0.25, 0.3) is 11.4 Å². The molecule has 0 saturated heterocycles. The Kier molecular flexibility index (Phi) is 3.05. The summed E-state index contributed by atoms with van der Waals surface area (Å²) in [6.45, 7) is 2.78. The first-order valence-corrected chi connectivity index (χ1v) is 5.20. The highest BCUT2D eigenvalue weighted by atomic mass is 16.5. The maximum atomic E-state index is 5.53. The SMILES string of the molecule is CCCOc1cccc(-c2nc(N)n[nH]2)c1. The quantitative estimate of drug-likeness (QED) is 0.820. The zero-order valence-electron chi connectivity index (χ0n) is 9.10. The van der Waals surface area contributed by atoms with Crippen LogP contribution in [0.1, 0.15) is 13.3 Å². The van der Waals surface area contributed by atoms with E-state index in [1.165, 1.54) is 0 Å². The molecule has 0 aliphatic carbocycles. The summed E-state index contributed by atoms with van der Waals surface area (Å²) in [7, 11) is 0. The van der Waals surface area contributed by atoms with Crippen LogP contribution in [-0.4, -0.2) is 21.8 Å². The highest BCUT2D eigenvalue weighted by Crippen LogP contribution is 2.21. The summed E-state index contributed by atoms with van der Waals surface area (Å²) in [6.07, 6.45) is 0.986. The lowest BCUT2D eigenvalue weighted by Crippen LogP contribution is -1.95. The zero-order chi connectivity index (χ0) is 11.4.